The Morgan fingerprint density at radius 3 is 2.31 bits per heavy atom. The molecule has 0 radical (unpaired) electrons. The average molecular weight is 251 g/mol. The largest absolute Gasteiger partial charge is 0.356 e. The highest BCUT2D eigenvalue weighted by Crippen LogP contribution is 2.05. The van der Waals surface area contributed by atoms with E-state index in [2.05, 4.69) is 28.1 Å². The minimum Gasteiger partial charge on any atom is -0.356 e. The minimum absolute atomic E-state index is 0.0374. The number of rotatable bonds is 8. The van der Waals surface area contributed by atoms with Crippen LogP contribution in [0.1, 0.15) is 25.7 Å². The molecular weight excluding hydrogens is 232 g/mol. The fraction of sp³-hybridized carbons (Fsp3) is 0.800. The quantitative estimate of drug-likeness (QED) is 0.285. The first kappa shape index (κ1) is 13.1. The smallest absolute Gasteiger partial charge is 0.156 e. The van der Waals surface area contributed by atoms with Crippen LogP contribution in [0, 0.1) is 0 Å². The van der Waals surface area contributed by atoms with Crippen molar-refractivity contribution in [3.63, 3.8) is 0 Å². The van der Waals surface area contributed by atoms with Crippen molar-refractivity contribution >= 4 is 15.9 Å². The summed E-state index contributed by atoms with van der Waals surface area (Å²) in [6.07, 6.45) is 8.67. The second-order valence-corrected chi connectivity index (χ2v) is 3.57. The van der Waals surface area contributed by atoms with Gasteiger partial charge in [0, 0.05) is 19.5 Å². The van der Waals surface area contributed by atoms with Crippen molar-refractivity contribution in [2.24, 2.45) is 0 Å². The summed E-state index contributed by atoms with van der Waals surface area (Å²) in [5, 5.41) is 1.04. The van der Waals surface area contributed by atoms with Gasteiger partial charge in [-0.05, 0) is 25.7 Å². The van der Waals surface area contributed by atoms with Crippen LogP contribution in [0.15, 0.2) is 12.2 Å². The van der Waals surface area contributed by atoms with E-state index in [4.69, 9.17) is 9.47 Å². The van der Waals surface area contributed by atoms with E-state index in [9.17, 15) is 0 Å². The highest BCUT2D eigenvalue weighted by atomic mass is 79.9. The van der Waals surface area contributed by atoms with E-state index in [-0.39, 0.29) is 6.29 Å². The Hall–Kier alpha value is 0.140. The lowest BCUT2D eigenvalue weighted by atomic mass is 10.2. The second kappa shape index (κ2) is 10.2. The topological polar surface area (TPSA) is 18.5 Å². The molecule has 0 bridgehead atoms. The zero-order valence-corrected chi connectivity index (χ0v) is 10.0. The van der Waals surface area contributed by atoms with E-state index >= 15 is 0 Å². The van der Waals surface area contributed by atoms with Crippen LogP contribution >= 0.6 is 15.9 Å². The molecule has 0 saturated carbocycles. The summed E-state index contributed by atoms with van der Waals surface area (Å²) in [7, 11) is 3.35. The Kier molecular flexibility index (Phi) is 10.3. The first-order chi connectivity index (χ1) is 6.35. The van der Waals surface area contributed by atoms with Gasteiger partial charge in [-0.2, -0.15) is 0 Å². The highest BCUT2D eigenvalue weighted by Gasteiger charge is 2.02. The molecule has 0 amide bonds. The Morgan fingerprint density at radius 2 is 1.77 bits per heavy atom. The van der Waals surface area contributed by atoms with Gasteiger partial charge in [0.25, 0.3) is 0 Å². The standard InChI is InChI=1S/C10H19BrO2/c1-12-10(13-2)8-6-4-3-5-7-9-11/h3,5,10H,4,6-9H2,1-2H3/b5-3-. The van der Waals surface area contributed by atoms with E-state index in [1.807, 2.05) is 0 Å². The predicted molar refractivity (Wildman–Crippen MR) is 59.2 cm³/mol. The Morgan fingerprint density at radius 1 is 1.15 bits per heavy atom. The fourth-order valence-corrected chi connectivity index (χ4v) is 1.30. The van der Waals surface area contributed by atoms with Crippen LogP contribution < -0.4 is 0 Å². The molecule has 0 fully saturated rings. The Balaban J connectivity index is 3.23. The fourth-order valence-electron chi connectivity index (χ4n) is 1.03. The molecule has 0 aliphatic carbocycles. The third-order valence-corrected chi connectivity index (χ3v) is 2.24. The molecular formula is C10H19BrO2. The van der Waals surface area contributed by atoms with Crippen LogP contribution in [0.2, 0.25) is 0 Å². The van der Waals surface area contributed by atoms with Gasteiger partial charge >= 0.3 is 0 Å². The third kappa shape index (κ3) is 8.47. The van der Waals surface area contributed by atoms with Crippen LogP contribution in [0.5, 0.6) is 0 Å². The molecule has 0 saturated heterocycles. The number of hydrogen-bond acceptors (Lipinski definition) is 2. The zero-order chi connectivity index (χ0) is 9.94. The van der Waals surface area contributed by atoms with Crippen molar-refractivity contribution in [3.8, 4) is 0 Å². The molecule has 2 nitrogen and oxygen atoms in total. The minimum atomic E-state index is -0.0374. The van der Waals surface area contributed by atoms with Gasteiger partial charge in [0.05, 0.1) is 0 Å². The van der Waals surface area contributed by atoms with Crippen molar-refractivity contribution in [1.29, 1.82) is 0 Å². The number of ether oxygens (including phenoxy) is 2. The lowest BCUT2D eigenvalue weighted by Gasteiger charge is -2.11. The second-order valence-electron chi connectivity index (χ2n) is 2.78. The van der Waals surface area contributed by atoms with Crippen LogP contribution in [0.4, 0.5) is 0 Å². The molecule has 78 valence electrons. The van der Waals surface area contributed by atoms with E-state index in [1.165, 1.54) is 0 Å². The molecule has 0 atom stereocenters. The lowest BCUT2D eigenvalue weighted by Crippen LogP contribution is -2.12. The van der Waals surface area contributed by atoms with Crippen LogP contribution in [0.25, 0.3) is 0 Å². The maximum Gasteiger partial charge on any atom is 0.156 e. The monoisotopic (exact) mass is 250 g/mol. The maximum atomic E-state index is 5.07. The molecule has 0 rings (SSSR count). The average Bonchev–Trinajstić information content (AvgIpc) is 2.17. The Labute approximate surface area is 89.4 Å². The predicted octanol–water partition coefficient (Wildman–Crippen LogP) is 3.12. The van der Waals surface area contributed by atoms with E-state index in [0.717, 1.165) is 31.0 Å². The lowest BCUT2D eigenvalue weighted by molar-refractivity contribution is -0.106. The van der Waals surface area contributed by atoms with E-state index < -0.39 is 0 Å². The van der Waals surface area contributed by atoms with Gasteiger partial charge in [-0.15, -0.1) is 0 Å². The van der Waals surface area contributed by atoms with Gasteiger partial charge in [0.2, 0.25) is 0 Å². The van der Waals surface area contributed by atoms with E-state index in [0.29, 0.717) is 0 Å². The van der Waals surface area contributed by atoms with Crippen molar-refractivity contribution in [1.82, 2.24) is 0 Å². The van der Waals surface area contributed by atoms with Crippen molar-refractivity contribution in [2.45, 2.75) is 32.0 Å². The van der Waals surface area contributed by atoms with Gasteiger partial charge in [0.1, 0.15) is 0 Å². The van der Waals surface area contributed by atoms with Crippen molar-refractivity contribution < 1.29 is 9.47 Å². The summed E-state index contributed by atoms with van der Waals surface area (Å²) in [5.74, 6) is 0. The zero-order valence-electron chi connectivity index (χ0n) is 8.46. The number of methoxy groups -OCH3 is 2. The summed E-state index contributed by atoms with van der Waals surface area (Å²) in [4.78, 5) is 0. The van der Waals surface area contributed by atoms with Crippen molar-refractivity contribution in [3.05, 3.63) is 12.2 Å². The van der Waals surface area contributed by atoms with Crippen molar-refractivity contribution in [2.75, 3.05) is 19.5 Å². The van der Waals surface area contributed by atoms with Gasteiger partial charge in [-0.25, -0.2) is 0 Å². The first-order valence-electron chi connectivity index (χ1n) is 4.61. The molecule has 0 aromatic rings. The number of alkyl halides is 1. The normalized spacial score (nSPS) is 11.7. The molecule has 0 aromatic carbocycles. The number of halogens is 1. The number of allylic oxidation sites excluding steroid dienone is 2. The molecule has 0 aliphatic heterocycles. The number of hydrogen-bond donors (Lipinski definition) is 0. The van der Waals surface area contributed by atoms with Gasteiger partial charge in [-0.1, -0.05) is 28.1 Å². The number of unbranched alkanes of at least 4 members (excludes halogenated alkanes) is 1. The Bertz CT molecular complexity index is 122. The maximum absolute atomic E-state index is 5.07. The molecule has 0 N–H and O–H groups in total. The summed E-state index contributed by atoms with van der Waals surface area (Å²) in [6.45, 7) is 0. The molecule has 0 aromatic heterocycles. The first-order valence-corrected chi connectivity index (χ1v) is 5.73. The van der Waals surface area contributed by atoms with E-state index in [1.54, 1.807) is 14.2 Å². The summed E-state index contributed by atoms with van der Waals surface area (Å²) in [6, 6.07) is 0. The summed E-state index contributed by atoms with van der Waals surface area (Å²) >= 11 is 3.37. The van der Waals surface area contributed by atoms with Gasteiger partial charge in [-0.3, -0.25) is 0 Å². The summed E-state index contributed by atoms with van der Waals surface area (Å²) in [5.41, 5.74) is 0. The van der Waals surface area contributed by atoms with Crippen LogP contribution in [-0.2, 0) is 9.47 Å². The van der Waals surface area contributed by atoms with Gasteiger partial charge < -0.3 is 9.47 Å². The SMILES string of the molecule is COC(CCC/C=C\CCBr)OC. The van der Waals surface area contributed by atoms with Gasteiger partial charge in [0.15, 0.2) is 6.29 Å². The molecule has 0 unspecified atom stereocenters. The summed E-state index contributed by atoms with van der Waals surface area (Å²) < 4.78 is 10.1. The highest BCUT2D eigenvalue weighted by molar-refractivity contribution is 9.09. The van der Waals surface area contributed by atoms with Crippen LogP contribution in [0.3, 0.4) is 0 Å². The van der Waals surface area contributed by atoms with Crippen LogP contribution in [-0.4, -0.2) is 25.8 Å². The third-order valence-electron chi connectivity index (χ3n) is 1.78. The molecule has 0 aliphatic rings. The molecule has 13 heavy (non-hydrogen) atoms. The molecule has 0 spiro atoms. The molecule has 0 heterocycles. The molecule has 3 heteroatoms.